The van der Waals surface area contributed by atoms with Gasteiger partial charge in [-0.2, -0.15) is 0 Å². The molecule has 0 bridgehead atoms. The predicted octanol–water partition coefficient (Wildman–Crippen LogP) is 2.01. The highest BCUT2D eigenvalue weighted by molar-refractivity contribution is 7.89. The third kappa shape index (κ3) is 7.80. The van der Waals surface area contributed by atoms with Crippen molar-refractivity contribution >= 4 is 16.0 Å². The Balaban J connectivity index is 2.03. The van der Waals surface area contributed by atoms with Crippen molar-refractivity contribution in [1.82, 2.24) is 15.4 Å². The smallest absolute Gasteiger partial charge is 0.240 e. The summed E-state index contributed by atoms with van der Waals surface area (Å²) in [6.07, 6.45) is 0. The fourth-order valence-corrected chi connectivity index (χ4v) is 3.60. The summed E-state index contributed by atoms with van der Waals surface area (Å²) >= 11 is 0. The number of hydrogen-bond acceptors (Lipinski definition) is 4. The largest absolute Gasteiger partial charge is 0.383 e. The Bertz CT molecular complexity index is 919. The Kier molecular flexibility index (Phi) is 9.04. The first-order valence-corrected chi connectivity index (χ1v) is 10.8. The molecule has 0 saturated heterocycles. The van der Waals surface area contributed by atoms with Crippen molar-refractivity contribution in [2.24, 2.45) is 4.99 Å². The molecule has 3 N–H and O–H groups in total. The Morgan fingerprint density at radius 2 is 1.86 bits per heavy atom. The molecule has 29 heavy (non-hydrogen) atoms. The SMILES string of the molecule is CCNC(=NCc1cccc(F)c1)NCc1cccc(S(=O)(=O)NCCOC)c1. The summed E-state index contributed by atoms with van der Waals surface area (Å²) in [5, 5.41) is 6.28. The molecule has 0 aliphatic carbocycles. The zero-order valence-electron chi connectivity index (χ0n) is 16.6. The number of guanidine groups is 1. The van der Waals surface area contributed by atoms with Gasteiger partial charge < -0.3 is 15.4 Å². The van der Waals surface area contributed by atoms with E-state index in [9.17, 15) is 12.8 Å². The molecule has 0 aliphatic rings. The molecule has 0 fully saturated rings. The predicted molar refractivity (Wildman–Crippen MR) is 112 cm³/mol. The van der Waals surface area contributed by atoms with Crippen LogP contribution in [0.4, 0.5) is 4.39 Å². The number of benzene rings is 2. The fourth-order valence-electron chi connectivity index (χ4n) is 2.52. The number of nitrogens with zero attached hydrogens (tertiary/aromatic N) is 1. The van der Waals surface area contributed by atoms with E-state index in [0.717, 1.165) is 11.1 Å². The van der Waals surface area contributed by atoms with Crippen molar-refractivity contribution in [2.75, 3.05) is 26.8 Å². The van der Waals surface area contributed by atoms with Gasteiger partial charge in [0.2, 0.25) is 10.0 Å². The maximum Gasteiger partial charge on any atom is 0.240 e. The average Bonchev–Trinajstić information content (AvgIpc) is 2.70. The van der Waals surface area contributed by atoms with Gasteiger partial charge in [0.1, 0.15) is 5.82 Å². The lowest BCUT2D eigenvalue weighted by molar-refractivity contribution is 0.204. The maximum atomic E-state index is 13.3. The average molecular weight is 423 g/mol. The molecule has 0 saturated carbocycles. The number of ether oxygens (including phenoxy) is 1. The lowest BCUT2D eigenvalue weighted by Gasteiger charge is -2.12. The van der Waals surface area contributed by atoms with Crippen LogP contribution in [-0.4, -0.2) is 41.2 Å². The molecule has 0 aliphatic heterocycles. The van der Waals surface area contributed by atoms with Crippen LogP contribution in [0.5, 0.6) is 0 Å². The number of aliphatic imine (C=N–C) groups is 1. The Labute approximate surface area is 171 Å². The second kappa shape index (κ2) is 11.5. The zero-order valence-corrected chi connectivity index (χ0v) is 17.4. The molecule has 7 nitrogen and oxygen atoms in total. The summed E-state index contributed by atoms with van der Waals surface area (Å²) in [6, 6.07) is 13.0. The molecule has 2 aromatic carbocycles. The third-order valence-corrected chi connectivity index (χ3v) is 5.38. The molecule has 0 amide bonds. The van der Waals surface area contributed by atoms with E-state index < -0.39 is 10.0 Å². The molecule has 2 rings (SSSR count). The third-order valence-electron chi connectivity index (χ3n) is 3.92. The first-order valence-electron chi connectivity index (χ1n) is 9.28. The van der Waals surface area contributed by atoms with E-state index >= 15 is 0 Å². The molecule has 9 heteroatoms. The molecule has 0 heterocycles. The van der Waals surface area contributed by atoms with Crippen LogP contribution in [0.2, 0.25) is 0 Å². The minimum atomic E-state index is -3.59. The van der Waals surface area contributed by atoms with E-state index in [1.165, 1.54) is 19.2 Å². The van der Waals surface area contributed by atoms with Crippen LogP contribution in [0.3, 0.4) is 0 Å². The highest BCUT2D eigenvalue weighted by Crippen LogP contribution is 2.11. The van der Waals surface area contributed by atoms with Crippen LogP contribution in [0.25, 0.3) is 0 Å². The lowest BCUT2D eigenvalue weighted by Crippen LogP contribution is -2.36. The van der Waals surface area contributed by atoms with Crippen molar-refractivity contribution in [3.63, 3.8) is 0 Å². The number of methoxy groups -OCH3 is 1. The fraction of sp³-hybridized carbons (Fsp3) is 0.350. The Morgan fingerprint density at radius 1 is 1.10 bits per heavy atom. The second-order valence-electron chi connectivity index (χ2n) is 6.22. The maximum absolute atomic E-state index is 13.3. The highest BCUT2D eigenvalue weighted by Gasteiger charge is 2.13. The molecule has 0 spiro atoms. The highest BCUT2D eigenvalue weighted by atomic mass is 32.2. The summed E-state index contributed by atoms with van der Waals surface area (Å²) in [4.78, 5) is 4.63. The van der Waals surface area contributed by atoms with Crippen LogP contribution in [0, 0.1) is 5.82 Å². The monoisotopic (exact) mass is 422 g/mol. The van der Waals surface area contributed by atoms with Gasteiger partial charge in [-0.05, 0) is 42.3 Å². The number of hydrogen-bond donors (Lipinski definition) is 3. The summed E-state index contributed by atoms with van der Waals surface area (Å²) in [5.74, 6) is 0.260. The van der Waals surface area contributed by atoms with E-state index in [1.807, 2.05) is 13.0 Å². The summed E-state index contributed by atoms with van der Waals surface area (Å²) in [7, 11) is -2.08. The molecule has 0 atom stereocenters. The van der Waals surface area contributed by atoms with Gasteiger partial charge in [0, 0.05) is 26.7 Å². The first-order chi connectivity index (χ1) is 13.9. The summed E-state index contributed by atoms with van der Waals surface area (Å²) in [5.41, 5.74) is 1.55. The van der Waals surface area contributed by atoms with Gasteiger partial charge in [-0.25, -0.2) is 22.5 Å². The standard InChI is InChI=1S/C20H27FN4O3S/c1-3-22-20(23-14-16-6-4-8-18(21)12-16)24-15-17-7-5-9-19(13-17)29(26,27)25-10-11-28-2/h4-9,12-13,25H,3,10-11,14-15H2,1-2H3,(H2,22,23,24). The Morgan fingerprint density at radius 3 is 2.59 bits per heavy atom. The summed E-state index contributed by atoms with van der Waals surface area (Å²) < 4.78 is 45.3. The number of halogens is 1. The lowest BCUT2D eigenvalue weighted by atomic mass is 10.2. The molecular formula is C20H27FN4O3S. The van der Waals surface area contributed by atoms with E-state index in [4.69, 9.17) is 4.74 Å². The molecule has 0 unspecified atom stereocenters. The quantitative estimate of drug-likeness (QED) is 0.310. The van der Waals surface area contributed by atoms with Crippen molar-refractivity contribution < 1.29 is 17.5 Å². The van der Waals surface area contributed by atoms with Gasteiger partial charge in [0.05, 0.1) is 18.0 Å². The van der Waals surface area contributed by atoms with E-state index in [1.54, 1.807) is 30.3 Å². The van der Waals surface area contributed by atoms with Crippen LogP contribution in [0.1, 0.15) is 18.1 Å². The molecule has 0 radical (unpaired) electrons. The van der Waals surface area contributed by atoms with Crippen LogP contribution >= 0.6 is 0 Å². The zero-order chi connectivity index (χ0) is 21.1. The molecular weight excluding hydrogens is 395 g/mol. The number of sulfonamides is 1. The van der Waals surface area contributed by atoms with Crippen molar-refractivity contribution in [1.29, 1.82) is 0 Å². The van der Waals surface area contributed by atoms with Crippen LogP contribution < -0.4 is 15.4 Å². The van der Waals surface area contributed by atoms with Gasteiger partial charge in [0.15, 0.2) is 5.96 Å². The van der Waals surface area contributed by atoms with Gasteiger partial charge in [-0.1, -0.05) is 24.3 Å². The van der Waals surface area contributed by atoms with E-state index in [2.05, 4.69) is 20.3 Å². The normalized spacial score (nSPS) is 12.0. The minimum Gasteiger partial charge on any atom is -0.383 e. The van der Waals surface area contributed by atoms with Gasteiger partial charge in [0.25, 0.3) is 0 Å². The van der Waals surface area contributed by atoms with Crippen molar-refractivity contribution in [3.05, 3.63) is 65.5 Å². The first kappa shape index (κ1) is 22.8. The van der Waals surface area contributed by atoms with E-state index in [0.29, 0.717) is 32.2 Å². The van der Waals surface area contributed by atoms with Gasteiger partial charge in [-0.3, -0.25) is 0 Å². The van der Waals surface area contributed by atoms with Crippen molar-refractivity contribution in [2.45, 2.75) is 24.9 Å². The second-order valence-corrected chi connectivity index (χ2v) is 7.98. The van der Waals surface area contributed by atoms with Crippen LogP contribution in [-0.2, 0) is 27.8 Å². The van der Waals surface area contributed by atoms with Crippen LogP contribution in [0.15, 0.2) is 58.4 Å². The molecule has 158 valence electrons. The van der Waals surface area contributed by atoms with Gasteiger partial charge >= 0.3 is 0 Å². The van der Waals surface area contributed by atoms with Crippen molar-refractivity contribution in [3.8, 4) is 0 Å². The molecule has 2 aromatic rings. The Hall–Kier alpha value is -2.49. The number of rotatable bonds is 10. The van der Waals surface area contributed by atoms with Gasteiger partial charge in [-0.15, -0.1) is 0 Å². The minimum absolute atomic E-state index is 0.189. The summed E-state index contributed by atoms with van der Waals surface area (Å²) in [6.45, 7) is 3.82. The molecule has 0 aromatic heterocycles. The number of nitrogens with one attached hydrogen (secondary N) is 3. The topological polar surface area (TPSA) is 91.8 Å². The van der Waals surface area contributed by atoms with E-state index in [-0.39, 0.29) is 17.3 Å².